The lowest BCUT2D eigenvalue weighted by Gasteiger charge is -2.14. The third-order valence-electron chi connectivity index (χ3n) is 4.99. The first kappa shape index (κ1) is 19.3. The van der Waals surface area contributed by atoms with Gasteiger partial charge < -0.3 is 14.6 Å². The van der Waals surface area contributed by atoms with Crippen molar-refractivity contribution in [1.29, 1.82) is 0 Å². The van der Waals surface area contributed by atoms with E-state index in [1.807, 2.05) is 18.2 Å². The molecule has 1 N–H and O–H groups in total. The Morgan fingerprint density at radius 1 is 1.28 bits per heavy atom. The lowest BCUT2D eigenvalue weighted by molar-refractivity contribution is -0.128. The molecule has 0 bridgehead atoms. The molecule has 1 aliphatic heterocycles. The second-order valence-corrected chi connectivity index (χ2v) is 8.41. The van der Waals surface area contributed by atoms with Crippen LogP contribution in [0.1, 0.15) is 37.5 Å². The normalized spacial score (nSPS) is 16.6. The minimum atomic E-state index is -0.407. The molecule has 0 radical (unpaired) electrons. The standard InChI is InChI=1S/C21H22N4O3S/c1-13(2)14-5-7-15(8-6-14)20-23-24-21(29-20)22-19(27)16-10-18(26)25(11-16)12-17-4-3-9-28-17/h3-9,13,16H,10-12H2,1-2H3,(H,22,24,27)/t16-/m1/s1. The Labute approximate surface area is 172 Å². The van der Waals surface area contributed by atoms with Crippen molar-refractivity contribution in [2.24, 2.45) is 5.92 Å². The molecule has 3 aromatic rings. The van der Waals surface area contributed by atoms with E-state index in [0.29, 0.717) is 29.9 Å². The van der Waals surface area contributed by atoms with Gasteiger partial charge in [0.1, 0.15) is 10.8 Å². The van der Waals surface area contributed by atoms with E-state index in [1.165, 1.54) is 16.9 Å². The van der Waals surface area contributed by atoms with E-state index in [4.69, 9.17) is 4.42 Å². The third-order valence-corrected chi connectivity index (χ3v) is 5.88. The number of carbonyl (C=O) groups is 2. The fourth-order valence-corrected chi connectivity index (χ4v) is 4.05. The van der Waals surface area contributed by atoms with Crippen LogP contribution < -0.4 is 5.32 Å². The van der Waals surface area contributed by atoms with Crippen molar-refractivity contribution in [2.75, 3.05) is 11.9 Å². The number of rotatable bonds is 6. The van der Waals surface area contributed by atoms with Crippen molar-refractivity contribution >= 4 is 28.3 Å². The quantitative estimate of drug-likeness (QED) is 0.666. The number of nitrogens with zero attached hydrogens (tertiary/aromatic N) is 3. The number of amides is 2. The second-order valence-electron chi connectivity index (χ2n) is 7.43. The minimum Gasteiger partial charge on any atom is -0.467 e. The molecule has 1 aromatic carbocycles. The Morgan fingerprint density at radius 2 is 2.07 bits per heavy atom. The minimum absolute atomic E-state index is 0.0512. The average molecular weight is 410 g/mol. The molecule has 3 heterocycles. The number of hydrogen-bond donors (Lipinski definition) is 1. The van der Waals surface area contributed by atoms with E-state index in [0.717, 1.165) is 10.6 Å². The maximum absolute atomic E-state index is 12.6. The summed E-state index contributed by atoms with van der Waals surface area (Å²) in [6.07, 6.45) is 1.76. The van der Waals surface area contributed by atoms with Crippen LogP contribution >= 0.6 is 11.3 Å². The summed E-state index contributed by atoms with van der Waals surface area (Å²) in [6.45, 7) is 5.05. The van der Waals surface area contributed by atoms with Gasteiger partial charge in [0.25, 0.3) is 0 Å². The first-order chi connectivity index (χ1) is 14.0. The molecule has 150 valence electrons. The van der Waals surface area contributed by atoms with E-state index in [1.54, 1.807) is 17.2 Å². The molecule has 0 unspecified atom stereocenters. The number of hydrogen-bond acceptors (Lipinski definition) is 6. The first-order valence-corrected chi connectivity index (χ1v) is 10.4. The molecule has 1 aliphatic rings. The van der Waals surface area contributed by atoms with Crippen molar-refractivity contribution in [3.63, 3.8) is 0 Å². The van der Waals surface area contributed by atoms with Crippen LogP contribution in [-0.2, 0) is 16.1 Å². The number of nitrogens with one attached hydrogen (secondary N) is 1. The molecular weight excluding hydrogens is 388 g/mol. The third kappa shape index (κ3) is 4.37. The van der Waals surface area contributed by atoms with Gasteiger partial charge in [-0.25, -0.2) is 0 Å². The van der Waals surface area contributed by atoms with Crippen LogP contribution in [0.2, 0.25) is 0 Å². The Morgan fingerprint density at radius 3 is 2.76 bits per heavy atom. The summed E-state index contributed by atoms with van der Waals surface area (Å²) in [5, 5.41) is 12.3. The van der Waals surface area contributed by atoms with E-state index in [9.17, 15) is 9.59 Å². The van der Waals surface area contributed by atoms with Gasteiger partial charge in [0.15, 0.2) is 0 Å². The van der Waals surface area contributed by atoms with Gasteiger partial charge in [0.05, 0.1) is 18.7 Å². The van der Waals surface area contributed by atoms with Crippen LogP contribution in [-0.4, -0.2) is 33.5 Å². The van der Waals surface area contributed by atoms with E-state index < -0.39 is 5.92 Å². The number of furan rings is 1. The van der Waals surface area contributed by atoms with E-state index in [2.05, 4.69) is 41.5 Å². The Hall–Kier alpha value is -3.00. The summed E-state index contributed by atoms with van der Waals surface area (Å²) in [6, 6.07) is 11.8. The zero-order chi connectivity index (χ0) is 20.4. The molecule has 29 heavy (non-hydrogen) atoms. The highest BCUT2D eigenvalue weighted by Crippen LogP contribution is 2.29. The van der Waals surface area contributed by atoms with Crippen LogP contribution in [0, 0.1) is 5.92 Å². The van der Waals surface area contributed by atoms with Crippen molar-refractivity contribution in [2.45, 2.75) is 32.7 Å². The lowest BCUT2D eigenvalue weighted by atomic mass is 10.0. The highest BCUT2D eigenvalue weighted by molar-refractivity contribution is 7.18. The number of aromatic nitrogens is 2. The highest BCUT2D eigenvalue weighted by Gasteiger charge is 2.35. The van der Waals surface area contributed by atoms with E-state index in [-0.39, 0.29) is 18.2 Å². The zero-order valence-electron chi connectivity index (χ0n) is 16.3. The maximum atomic E-state index is 12.6. The van der Waals surface area contributed by atoms with Crippen LogP contribution in [0.5, 0.6) is 0 Å². The first-order valence-electron chi connectivity index (χ1n) is 9.54. The molecule has 2 amide bonds. The maximum Gasteiger partial charge on any atom is 0.231 e. The average Bonchev–Trinajstić information content (AvgIpc) is 3.45. The molecule has 0 saturated carbocycles. The fourth-order valence-electron chi connectivity index (χ4n) is 3.30. The van der Waals surface area contributed by atoms with Gasteiger partial charge in [-0.05, 0) is 23.6 Å². The van der Waals surface area contributed by atoms with Crippen molar-refractivity contribution < 1.29 is 14.0 Å². The van der Waals surface area contributed by atoms with Crippen molar-refractivity contribution in [3.05, 3.63) is 54.0 Å². The Kier molecular flexibility index (Phi) is 5.44. The predicted octanol–water partition coefficient (Wildman–Crippen LogP) is 3.91. The SMILES string of the molecule is CC(C)c1ccc(-c2nnc(NC(=O)[C@@H]3CC(=O)N(Cc4ccco4)C3)s2)cc1. The molecule has 0 aliphatic carbocycles. The lowest BCUT2D eigenvalue weighted by Crippen LogP contribution is -2.27. The molecule has 8 heteroatoms. The summed E-state index contributed by atoms with van der Waals surface area (Å²) >= 11 is 1.33. The Balaban J connectivity index is 1.37. The number of anilines is 1. The van der Waals surface area contributed by atoms with Gasteiger partial charge in [0, 0.05) is 18.5 Å². The summed E-state index contributed by atoms with van der Waals surface area (Å²) in [5.41, 5.74) is 2.23. The molecule has 0 spiro atoms. The van der Waals surface area contributed by atoms with Crippen LogP contribution in [0.15, 0.2) is 47.1 Å². The topological polar surface area (TPSA) is 88.3 Å². The van der Waals surface area contributed by atoms with Gasteiger partial charge in [-0.1, -0.05) is 49.4 Å². The second kappa shape index (κ2) is 8.16. The largest absolute Gasteiger partial charge is 0.467 e. The number of likely N-dealkylation sites (tertiary alicyclic amines) is 1. The van der Waals surface area contributed by atoms with Crippen LogP contribution in [0.3, 0.4) is 0 Å². The van der Waals surface area contributed by atoms with E-state index >= 15 is 0 Å². The summed E-state index contributed by atoms with van der Waals surface area (Å²) in [4.78, 5) is 26.5. The number of benzene rings is 1. The van der Waals surface area contributed by atoms with Crippen LogP contribution in [0.4, 0.5) is 5.13 Å². The summed E-state index contributed by atoms with van der Waals surface area (Å²) in [7, 11) is 0. The molecular formula is C21H22N4O3S. The highest BCUT2D eigenvalue weighted by atomic mass is 32.1. The Bertz CT molecular complexity index is 995. The van der Waals surface area contributed by atoms with Gasteiger partial charge in [0.2, 0.25) is 16.9 Å². The molecule has 1 atom stereocenters. The smallest absolute Gasteiger partial charge is 0.231 e. The van der Waals surface area contributed by atoms with Gasteiger partial charge >= 0.3 is 0 Å². The van der Waals surface area contributed by atoms with Crippen molar-refractivity contribution in [3.8, 4) is 10.6 Å². The van der Waals surface area contributed by atoms with Gasteiger partial charge in [-0.15, -0.1) is 10.2 Å². The fraction of sp³-hybridized carbons (Fsp3) is 0.333. The van der Waals surface area contributed by atoms with Gasteiger partial charge in [-0.3, -0.25) is 9.59 Å². The molecule has 1 saturated heterocycles. The van der Waals surface area contributed by atoms with Gasteiger partial charge in [-0.2, -0.15) is 0 Å². The zero-order valence-corrected chi connectivity index (χ0v) is 17.1. The summed E-state index contributed by atoms with van der Waals surface area (Å²) in [5.74, 6) is 0.504. The number of carbonyl (C=O) groups excluding carboxylic acids is 2. The van der Waals surface area contributed by atoms with Crippen LogP contribution in [0.25, 0.3) is 10.6 Å². The molecule has 7 nitrogen and oxygen atoms in total. The molecule has 1 fully saturated rings. The summed E-state index contributed by atoms with van der Waals surface area (Å²) < 4.78 is 5.29. The predicted molar refractivity (Wildman–Crippen MR) is 110 cm³/mol. The monoisotopic (exact) mass is 410 g/mol. The molecule has 2 aromatic heterocycles. The van der Waals surface area contributed by atoms with Crippen molar-refractivity contribution in [1.82, 2.24) is 15.1 Å². The molecule has 4 rings (SSSR count).